The zero-order valence-corrected chi connectivity index (χ0v) is 13.8. The molecular formula is C19H14BrNO2. The number of hydrogen-bond donors (Lipinski definition) is 1. The Labute approximate surface area is 143 Å². The van der Waals surface area contributed by atoms with Crippen molar-refractivity contribution < 1.29 is 9.53 Å². The van der Waals surface area contributed by atoms with E-state index in [0.717, 1.165) is 10.2 Å². The lowest BCUT2D eigenvalue weighted by Crippen LogP contribution is -2.13. The van der Waals surface area contributed by atoms with Crippen LogP contribution in [0.4, 0.5) is 5.69 Å². The third-order valence-corrected chi connectivity index (χ3v) is 3.92. The Hall–Kier alpha value is -2.59. The first-order valence-corrected chi connectivity index (χ1v) is 7.91. The van der Waals surface area contributed by atoms with Gasteiger partial charge < -0.3 is 10.1 Å². The number of amides is 1. The second-order valence-corrected chi connectivity index (χ2v) is 5.70. The highest BCUT2D eigenvalue weighted by atomic mass is 79.9. The Morgan fingerprint density at radius 3 is 2.26 bits per heavy atom. The van der Waals surface area contributed by atoms with E-state index in [2.05, 4.69) is 21.2 Å². The first kappa shape index (κ1) is 15.3. The molecule has 4 heteroatoms. The van der Waals surface area contributed by atoms with Gasteiger partial charge in [-0.1, -0.05) is 42.5 Å². The number of carbonyl (C=O) groups is 1. The van der Waals surface area contributed by atoms with Gasteiger partial charge in [0.05, 0.1) is 11.3 Å². The van der Waals surface area contributed by atoms with Crippen molar-refractivity contribution in [2.24, 2.45) is 0 Å². The van der Waals surface area contributed by atoms with Gasteiger partial charge in [-0.3, -0.25) is 4.79 Å². The zero-order valence-electron chi connectivity index (χ0n) is 12.2. The molecule has 0 unspecified atom stereocenters. The third-order valence-electron chi connectivity index (χ3n) is 3.22. The fourth-order valence-corrected chi connectivity index (χ4v) is 2.57. The van der Waals surface area contributed by atoms with E-state index in [-0.39, 0.29) is 5.91 Å². The number of benzene rings is 3. The molecule has 3 aromatic rings. The monoisotopic (exact) mass is 367 g/mol. The third kappa shape index (κ3) is 3.79. The summed E-state index contributed by atoms with van der Waals surface area (Å²) in [5.74, 6) is 1.12. The number of para-hydroxylation sites is 3. The molecule has 3 aromatic carbocycles. The van der Waals surface area contributed by atoms with E-state index in [9.17, 15) is 4.79 Å². The van der Waals surface area contributed by atoms with E-state index in [1.165, 1.54) is 0 Å². The van der Waals surface area contributed by atoms with E-state index < -0.39 is 0 Å². The molecule has 3 nitrogen and oxygen atoms in total. The molecule has 114 valence electrons. The first-order valence-electron chi connectivity index (χ1n) is 7.12. The molecule has 0 aliphatic carbocycles. The van der Waals surface area contributed by atoms with Crippen LogP contribution in [0.1, 0.15) is 10.4 Å². The number of rotatable bonds is 4. The van der Waals surface area contributed by atoms with Crippen molar-refractivity contribution in [3.63, 3.8) is 0 Å². The van der Waals surface area contributed by atoms with Crippen LogP contribution in [0.2, 0.25) is 0 Å². The average Bonchev–Trinajstić information content (AvgIpc) is 2.58. The van der Waals surface area contributed by atoms with E-state index in [1.54, 1.807) is 6.07 Å². The summed E-state index contributed by atoms with van der Waals surface area (Å²) in [5.41, 5.74) is 1.19. The number of nitrogens with one attached hydrogen (secondary N) is 1. The van der Waals surface area contributed by atoms with Gasteiger partial charge in [-0.2, -0.15) is 0 Å². The second-order valence-electron chi connectivity index (χ2n) is 4.85. The zero-order chi connectivity index (χ0) is 16.1. The van der Waals surface area contributed by atoms with E-state index in [4.69, 9.17) is 4.74 Å². The first-order chi connectivity index (χ1) is 11.2. The van der Waals surface area contributed by atoms with Gasteiger partial charge in [0.1, 0.15) is 5.75 Å². The van der Waals surface area contributed by atoms with Crippen molar-refractivity contribution in [2.75, 3.05) is 5.32 Å². The van der Waals surface area contributed by atoms with Crippen molar-refractivity contribution in [3.05, 3.63) is 88.9 Å². The molecule has 0 aliphatic rings. The Balaban J connectivity index is 1.84. The maximum atomic E-state index is 12.4. The van der Waals surface area contributed by atoms with Crippen LogP contribution in [0.15, 0.2) is 83.3 Å². The van der Waals surface area contributed by atoms with Crippen LogP contribution in [-0.4, -0.2) is 5.91 Å². The number of carbonyl (C=O) groups excluding carboxylic acids is 1. The molecular weight excluding hydrogens is 354 g/mol. The van der Waals surface area contributed by atoms with Gasteiger partial charge in [-0.15, -0.1) is 0 Å². The van der Waals surface area contributed by atoms with Crippen LogP contribution < -0.4 is 10.1 Å². The number of halogens is 1. The highest BCUT2D eigenvalue weighted by molar-refractivity contribution is 9.10. The van der Waals surface area contributed by atoms with Crippen molar-refractivity contribution in [2.45, 2.75) is 0 Å². The number of hydrogen-bond acceptors (Lipinski definition) is 2. The van der Waals surface area contributed by atoms with E-state index in [0.29, 0.717) is 17.0 Å². The minimum absolute atomic E-state index is 0.193. The summed E-state index contributed by atoms with van der Waals surface area (Å²) in [7, 11) is 0. The topological polar surface area (TPSA) is 38.3 Å². The Kier molecular flexibility index (Phi) is 4.74. The normalized spacial score (nSPS) is 10.1. The summed E-state index contributed by atoms with van der Waals surface area (Å²) in [6, 6.07) is 24.1. The molecule has 3 rings (SSSR count). The Morgan fingerprint density at radius 1 is 0.826 bits per heavy atom. The molecule has 0 aromatic heterocycles. The van der Waals surface area contributed by atoms with Gasteiger partial charge in [-0.25, -0.2) is 0 Å². The highest BCUT2D eigenvalue weighted by Crippen LogP contribution is 2.30. The summed E-state index contributed by atoms with van der Waals surface area (Å²) >= 11 is 3.39. The maximum Gasteiger partial charge on any atom is 0.256 e. The molecule has 0 heterocycles. The molecule has 0 fully saturated rings. The van der Waals surface area contributed by atoms with Crippen LogP contribution in [0, 0.1) is 0 Å². The minimum atomic E-state index is -0.193. The predicted octanol–water partition coefficient (Wildman–Crippen LogP) is 5.49. The van der Waals surface area contributed by atoms with Crippen molar-refractivity contribution in [3.8, 4) is 11.5 Å². The lowest BCUT2D eigenvalue weighted by Gasteiger charge is -2.12. The van der Waals surface area contributed by atoms with Gasteiger partial charge >= 0.3 is 0 Å². The van der Waals surface area contributed by atoms with Gasteiger partial charge in [0, 0.05) is 4.47 Å². The van der Waals surface area contributed by atoms with Crippen LogP contribution in [0.5, 0.6) is 11.5 Å². The molecule has 0 radical (unpaired) electrons. The van der Waals surface area contributed by atoms with Crippen molar-refractivity contribution in [1.29, 1.82) is 0 Å². The van der Waals surface area contributed by atoms with Gasteiger partial charge in [0.25, 0.3) is 5.91 Å². The lowest BCUT2D eigenvalue weighted by atomic mass is 10.2. The Bertz CT molecular complexity index is 818. The predicted molar refractivity (Wildman–Crippen MR) is 95.1 cm³/mol. The van der Waals surface area contributed by atoms with E-state index >= 15 is 0 Å². The minimum Gasteiger partial charge on any atom is -0.455 e. The second kappa shape index (κ2) is 7.11. The molecule has 0 aliphatic heterocycles. The summed E-state index contributed by atoms with van der Waals surface area (Å²) in [5, 5.41) is 2.89. The molecule has 0 atom stereocenters. The number of anilines is 1. The van der Waals surface area contributed by atoms with Crippen LogP contribution in [-0.2, 0) is 0 Å². The molecule has 1 N–H and O–H groups in total. The number of ether oxygens (including phenoxy) is 1. The average molecular weight is 368 g/mol. The van der Waals surface area contributed by atoms with Gasteiger partial charge in [0.15, 0.2) is 5.75 Å². The fourth-order valence-electron chi connectivity index (χ4n) is 2.11. The fraction of sp³-hybridized carbons (Fsp3) is 0. The maximum absolute atomic E-state index is 12.4. The van der Waals surface area contributed by atoms with Crippen LogP contribution in [0.3, 0.4) is 0 Å². The smallest absolute Gasteiger partial charge is 0.256 e. The summed E-state index contributed by atoms with van der Waals surface area (Å²) < 4.78 is 6.60. The Morgan fingerprint density at radius 2 is 1.48 bits per heavy atom. The van der Waals surface area contributed by atoms with Gasteiger partial charge in [0.2, 0.25) is 0 Å². The molecule has 0 spiro atoms. The molecule has 1 amide bonds. The molecule has 0 bridgehead atoms. The molecule has 23 heavy (non-hydrogen) atoms. The van der Waals surface area contributed by atoms with Gasteiger partial charge in [-0.05, 0) is 52.3 Å². The van der Waals surface area contributed by atoms with E-state index in [1.807, 2.05) is 72.8 Å². The van der Waals surface area contributed by atoms with Crippen molar-refractivity contribution >= 4 is 27.5 Å². The van der Waals surface area contributed by atoms with Crippen LogP contribution in [0.25, 0.3) is 0 Å². The molecule has 0 saturated carbocycles. The molecule has 0 saturated heterocycles. The summed E-state index contributed by atoms with van der Waals surface area (Å²) in [6.07, 6.45) is 0. The van der Waals surface area contributed by atoms with Crippen molar-refractivity contribution in [1.82, 2.24) is 0 Å². The lowest BCUT2D eigenvalue weighted by molar-refractivity contribution is 0.102. The standard InChI is InChI=1S/C19H14BrNO2/c20-16-11-5-4-10-15(16)19(22)21-17-12-6-7-13-18(17)23-14-8-2-1-3-9-14/h1-13H,(H,21,22). The summed E-state index contributed by atoms with van der Waals surface area (Å²) in [6.45, 7) is 0. The summed E-state index contributed by atoms with van der Waals surface area (Å²) in [4.78, 5) is 12.4. The largest absolute Gasteiger partial charge is 0.455 e. The SMILES string of the molecule is O=C(Nc1ccccc1Oc1ccccc1)c1ccccc1Br. The van der Waals surface area contributed by atoms with Crippen LogP contribution >= 0.6 is 15.9 Å². The quantitative estimate of drug-likeness (QED) is 0.661. The highest BCUT2D eigenvalue weighted by Gasteiger charge is 2.12.